The third kappa shape index (κ3) is 2.35. The second-order valence-corrected chi connectivity index (χ2v) is 4.95. The van der Waals surface area contributed by atoms with Crippen molar-refractivity contribution in [1.82, 2.24) is 8.75 Å². The second-order valence-electron chi connectivity index (χ2n) is 4.02. The van der Waals surface area contributed by atoms with Gasteiger partial charge in [-0.2, -0.15) is 8.75 Å². The largest absolute Gasteiger partial charge is 0.319 e. The standard InChI is InChI=1S/C13H7ClFN3OS/c14-9-4-5-10-12(18-20-17-10)11(9)16-13(19)7-2-1-3-8(15)6-7/h1-6H,(H,16,19). The van der Waals surface area contributed by atoms with E-state index >= 15 is 0 Å². The van der Waals surface area contributed by atoms with Gasteiger partial charge in [0.1, 0.15) is 16.9 Å². The first-order chi connectivity index (χ1) is 9.65. The van der Waals surface area contributed by atoms with E-state index in [1.54, 1.807) is 12.1 Å². The lowest BCUT2D eigenvalue weighted by Crippen LogP contribution is -2.12. The van der Waals surface area contributed by atoms with Crippen LogP contribution in [0.15, 0.2) is 36.4 Å². The Balaban J connectivity index is 1.99. The van der Waals surface area contributed by atoms with Crippen LogP contribution in [-0.2, 0) is 0 Å². The van der Waals surface area contributed by atoms with Crippen molar-refractivity contribution in [3.63, 3.8) is 0 Å². The van der Waals surface area contributed by atoms with Crippen LogP contribution in [0.1, 0.15) is 10.4 Å². The molecule has 4 nitrogen and oxygen atoms in total. The number of amides is 1. The number of aromatic nitrogens is 2. The van der Waals surface area contributed by atoms with Gasteiger partial charge in [-0.3, -0.25) is 4.79 Å². The number of benzene rings is 2. The van der Waals surface area contributed by atoms with Crippen molar-refractivity contribution in [3.8, 4) is 0 Å². The maximum absolute atomic E-state index is 13.1. The zero-order valence-corrected chi connectivity index (χ0v) is 11.5. The molecule has 1 amide bonds. The molecule has 1 heterocycles. The maximum atomic E-state index is 13.1. The summed E-state index contributed by atoms with van der Waals surface area (Å²) < 4.78 is 21.3. The van der Waals surface area contributed by atoms with Gasteiger partial charge in [0.25, 0.3) is 5.91 Å². The van der Waals surface area contributed by atoms with Gasteiger partial charge >= 0.3 is 0 Å². The molecule has 1 aromatic heterocycles. The summed E-state index contributed by atoms with van der Waals surface area (Å²) in [6, 6.07) is 8.77. The molecule has 3 rings (SSSR count). The number of nitrogens with one attached hydrogen (secondary N) is 1. The summed E-state index contributed by atoms with van der Waals surface area (Å²) in [4.78, 5) is 12.1. The number of fused-ring (bicyclic) bond motifs is 1. The first kappa shape index (κ1) is 13.0. The molecule has 0 aliphatic rings. The van der Waals surface area contributed by atoms with Gasteiger partial charge in [-0.1, -0.05) is 17.7 Å². The summed E-state index contributed by atoms with van der Waals surface area (Å²) in [5, 5.41) is 3.01. The van der Waals surface area contributed by atoms with Gasteiger partial charge in [-0.25, -0.2) is 4.39 Å². The summed E-state index contributed by atoms with van der Waals surface area (Å²) >= 11 is 7.10. The fourth-order valence-corrected chi connectivity index (χ4v) is 2.50. The molecule has 100 valence electrons. The van der Waals surface area contributed by atoms with E-state index in [1.807, 2.05) is 0 Å². The van der Waals surface area contributed by atoms with E-state index < -0.39 is 11.7 Å². The van der Waals surface area contributed by atoms with Crippen molar-refractivity contribution in [3.05, 3.63) is 52.8 Å². The van der Waals surface area contributed by atoms with Gasteiger partial charge in [0.2, 0.25) is 0 Å². The minimum Gasteiger partial charge on any atom is -0.319 e. The van der Waals surface area contributed by atoms with Gasteiger partial charge in [-0.15, -0.1) is 0 Å². The van der Waals surface area contributed by atoms with Gasteiger partial charge < -0.3 is 5.32 Å². The lowest BCUT2D eigenvalue weighted by atomic mass is 10.2. The summed E-state index contributed by atoms with van der Waals surface area (Å²) in [7, 11) is 0. The van der Waals surface area contributed by atoms with Gasteiger partial charge in [-0.05, 0) is 30.3 Å². The Morgan fingerprint density at radius 1 is 1.25 bits per heavy atom. The first-order valence-corrected chi connectivity index (χ1v) is 6.73. The van der Waals surface area contributed by atoms with Crippen LogP contribution in [0.4, 0.5) is 10.1 Å². The molecule has 0 bridgehead atoms. The van der Waals surface area contributed by atoms with Crippen LogP contribution in [0.2, 0.25) is 5.02 Å². The van der Waals surface area contributed by atoms with Crippen molar-refractivity contribution in [1.29, 1.82) is 0 Å². The molecule has 0 saturated heterocycles. The molecule has 1 N–H and O–H groups in total. The number of rotatable bonds is 2. The predicted molar refractivity (Wildman–Crippen MR) is 76.8 cm³/mol. The zero-order valence-electron chi connectivity index (χ0n) is 9.93. The Morgan fingerprint density at radius 3 is 2.90 bits per heavy atom. The lowest BCUT2D eigenvalue weighted by molar-refractivity contribution is 0.102. The van der Waals surface area contributed by atoms with Crippen LogP contribution in [0.3, 0.4) is 0 Å². The summed E-state index contributed by atoms with van der Waals surface area (Å²) in [6.45, 7) is 0. The summed E-state index contributed by atoms with van der Waals surface area (Å²) in [5.74, 6) is -0.927. The number of halogens is 2. The van der Waals surface area contributed by atoms with E-state index in [0.29, 0.717) is 21.7 Å². The minimum absolute atomic E-state index is 0.209. The summed E-state index contributed by atoms with van der Waals surface area (Å²) in [6.07, 6.45) is 0. The minimum atomic E-state index is -0.475. The van der Waals surface area contributed by atoms with Crippen molar-refractivity contribution >= 4 is 46.0 Å². The van der Waals surface area contributed by atoms with E-state index in [0.717, 1.165) is 17.8 Å². The molecule has 2 aromatic carbocycles. The predicted octanol–water partition coefficient (Wildman–Crippen LogP) is 3.74. The average molecular weight is 308 g/mol. The van der Waals surface area contributed by atoms with Crippen molar-refractivity contribution in [2.45, 2.75) is 0 Å². The quantitative estimate of drug-likeness (QED) is 0.784. The molecule has 0 spiro atoms. The van der Waals surface area contributed by atoms with Crippen LogP contribution >= 0.6 is 23.3 Å². The Bertz CT molecular complexity index is 805. The molecule has 3 aromatic rings. The SMILES string of the molecule is O=C(Nc1c(Cl)ccc2nsnc12)c1cccc(F)c1. The molecule has 0 radical (unpaired) electrons. The first-order valence-electron chi connectivity index (χ1n) is 5.63. The van der Waals surface area contributed by atoms with Crippen LogP contribution in [0.25, 0.3) is 11.0 Å². The van der Waals surface area contributed by atoms with Crippen molar-refractivity contribution in [2.75, 3.05) is 5.32 Å². The van der Waals surface area contributed by atoms with E-state index in [1.165, 1.54) is 18.2 Å². The highest BCUT2D eigenvalue weighted by Gasteiger charge is 2.14. The Labute approximate surface area is 122 Å². The Morgan fingerprint density at radius 2 is 2.10 bits per heavy atom. The van der Waals surface area contributed by atoms with Crippen LogP contribution < -0.4 is 5.32 Å². The highest BCUT2D eigenvalue weighted by atomic mass is 35.5. The molecule has 0 saturated carbocycles. The van der Waals surface area contributed by atoms with Gasteiger partial charge in [0.15, 0.2) is 0 Å². The monoisotopic (exact) mass is 307 g/mol. The molecule has 0 atom stereocenters. The van der Waals surface area contributed by atoms with Crippen molar-refractivity contribution in [2.24, 2.45) is 0 Å². The number of carbonyl (C=O) groups excluding carboxylic acids is 1. The Hall–Kier alpha value is -2.05. The highest BCUT2D eigenvalue weighted by molar-refractivity contribution is 7.00. The van der Waals surface area contributed by atoms with E-state index in [9.17, 15) is 9.18 Å². The third-order valence-corrected chi connectivity index (χ3v) is 3.56. The molecule has 0 aliphatic heterocycles. The van der Waals surface area contributed by atoms with Gasteiger partial charge in [0.05, 0.1) is 22.4 Å². The van der Waals surface area contributed by atoms with Crippen LogP contribution in [0, 0.1) is 5.82 Å². The fraction of sp³-hybridized carbons (Fsp3) is 0. The van der Waals surface area contributed by atoms with Crippen molar-refractivity contribution < 1.29 is 9.18 Å². The van der Waals surface area contributed by atoms with E-state index in [2.05, 4.69) is 14.1 Å². The average Bonchev–Trinajstić information content (AvgIpc) is 2.90. The highest BCUT2D eigenvalue weighted by Crippen LogP contribution is 2.30. The van der Waals surface area contributed by atoms with E-state index in [-0.39, 0.29) is 5.56 Å². The molecule has 7 heteroatoms. The Kier molecular flexibility index (Phi) is 3.33. The third-order valence-electron chi connectivity index (χ3n) is 2.70. The van der Waals surface area contributed by atoms with Crippen LogP contribution in [-0.4, -0.2) is 14.7 Å². The fourth-order valence-electron chi connectivity index (χ4n) is 1.76. The number of nitrogens with zero attached hydrogens (tertiary/aromatic N) is 2. The van der Waals surface area contributed by atoms with Gasteiger partial charge in [0, 0.05) is 5.56 Å². The summed E-state index contributed by atoms with van der Waals surface area (Å²) in [5.41, 5.74) is 1.76. The zero-order chi connectivity index (χ0) is 14.1. The smallest absolute Gasteiger partial charge is 0.255 e. The number of carbonyl (C=O) groups is 1. The second kappa shape index (κ2) is 5.15. The van der Waals surface area contributed by atoms with Crippen LogP contribution in [0.5, 0.6) is 0 Å². The lowest BCUT2D eigenvalue weighted by Gasteiger charge is -2.07. The van der Waals surface area contributed by atoms with E-state index in [4.69, 9.17) is 11.6 Å². The number of hydrogen-bond donors (Lipinski definition) is 1. The maximum Gasteiger partial charge on any atom is 0.255 e. The number of hydrogen-bond acceptors (Lipinski definition) is 4. The molecular formula is C13H7ClFN3OS. The normalized spacial score (nSPS) is 10.7. The number of anilines is 1. The topological polar surface area (TPSA) is 54.9 Å². The molecule has 0 fully saturated rings. The molecule has 0 unspecified atom stereocenters. The molecular weight excluding hydrogens is 301 g/mol. The molecule has 20 heavy (non-hydrogen) atoms. The molecule has 0 aliphatic carbocycles.